The SMILES string of the molecule is C[As](C)Cc1cccc(-c2ccc3ncc4ncn(-c5ccccc5F)c4c3c2)c1. The monoisotopic (exact) mass is 457 g/mol. The van der Waals surface area contributed by atoms with Crippen LogP contribution in [0.25, 0.3) is 38.8 Å². The predicted octanol–water partition coefficient (Wildman–Crippen LogP) is 6.22. The molecule has 2 heterocycles. The maximum atomic E-state index is 14.5. The first-order chi connectivity index (χ1) is 14.6. The summed E-state index contributed by atoms with van der Waals surface area (Å²) in [5.41, 5.74) is 11.5. The van der Waals surface area contributed by atoms with Gasteiger partial charge in [0.15, 0.2) is 0 Å². The van der Waals surface area contributed by atoms with E-state index >= 15 is 0 Å². The molecule has 0 atom stereocenters. The first-order valence-electron chi connectivity index (χ1n) is 9.85. The van der Waals surface area contributed by atoms with Crippen molar-refractivity contribution in [1.82, 2.24) is 14.5 Å². The molecule has 0 unspecified atom stereocenters. The van der Waals surface area contributed by atoms with Crippen LogP contribution in [0.4, 0.5) is 4.39 Å². The van der Waals surface area contributed by atoms with Crippen molar-refractivity contribution in [2.75, 3.05) is 0 Å². The van der Waals surface area contributed by atoms with Gasteiger partial charge in [-0.2, -0.15) is 0 Å². The van der Waals surface area contributed by atoms with Crippen LogP contribution in [0.5, 0.6) is 0 Å². The molecular formula is C25H21AsFN3. The predicted molar refractivity (Wildman–Crippen MR) is 123 cm³/mol. The van der Waals surface area contributed by atoms with E-state index in [1.165, 1.54) is 22.4 Å². The van der Waals surface area contributed by atoms with Crippen molar-refractivity contribution in [3.05, 3.63) is 90.6 Å². The molecule has 0 amide bonds. The minimum atomic E-state index is -0.745. The van der Waals surface area contributed by atoms with Gasteiger partial charge in [-0.25, -0.2) is 0 Å². The normalized spacial score (nSPS) is 11.6. The van der Waals surface area contributed by atoms with E-state index in [9.17, 15) is 4.39 Å². The van der Waals surface area contributed by atoms with Crippen LogP contribution in [0, 0.1) is 5.82 Å². The molecule has 5 rings (SSSR count). The second-order valence-electron chi connectivity index (χ2n) is 7.73. The Kier molecular flexibility index (Phi) is 4.88. The minimum absolute atomic E-state index is 0.274. The summed E-state index contributed by atoms with van der Waals surface area (Å²) in [6.07, 6.45) is 3.42. The Morgan fingerprint density at radius 2 is 1.70 bits per heavy atom. The molecule has 3 aromatic carbocycles. The first kappa shape index (κ1) is 19.0. The molecule has 0 spiro atoms. The zero-order valence-electron chi connectivity index (χ0n) is 16.9. The molecule has 0 N–H and O–H groups in total. The third kappa shape index (κ3) is 3.42. The van der Waals surface area contributed by atoms with E-state index in [4.69, 9.17) is 0 Å². The topological polar surface area (TPSA) is 30.7 Å². The Hall–Kier alpha value is -2.97. The van der Waals surface area contributed by atoms with Gasteiger partial charge < -0.3 is 0 Å². The summed E-state index contributed by atoms with van der Waals surface area (Å²) < 4.78 is 16.3. The van der Waals surface area contributed by atoms with E-state index in [1.807, 2.05) is 16.7 Å². The van der Waals surface area contributed by atoms with Crippen LogP contribution in [-0.2, 0) is 5.21 Å². The van der Waals surface area contributed by atoms with Crippen LogP contribution < -0.4 is 0 Å². The molecule has 0 aliphatic heterocycles. The molecular weight excluding hydrogens is 436 g/mol. The second-order valence-corrected chi connectivity index (χ2v) is 12.9. The van der Waals surface area contributed by atoms with Gasteiger partial charge in [0.05, 0.1) is 0 Å². The van der Waals surface area contributed by atoms with Crippen molar-refractivity contribution in [3.8, 4) is 16.8 Å². The standard InChI is InChI=1S/C25H21AsFN3/c1-26(2)14-17-6-5-7-18(12-17)19-10-11-22-20(13-19)25-23(15-28-22)29-16-30(25)24-9-4-3-8-21(24)27/h3-13,15-16H,14H2,1-2H3. The van der Waals surface area contributed by atoms with Gasteiger partial charge >= 0.3 is 174 Å². The molecule has 0 fully saturated rings. The molecule has 3 nitrogen and oxygen atoms in total. The molecule has 0 aliphatic rings. The van der Waals surface area contributed by atoms with Crippen molar-refractivity contribution < 1.29 is 4.39 Å². The summed E-state index contributed by atoms with van der Waals surface area (Å²) in [7, 11) is 0. The zero-order chi connectivity index (χ0) is 20.7. The van der Waals surface area contributed by atoms with E-state index in [0.717, 1.165) is 27.5 Å². The maximum absolute atomic E-state index is 14.5. The number of pyridine rings is 1. The number of nitrogens with zero attached hydrogens (tertiary/aromatic N) is 3. The molecule has 0 saturated heterocycles. The number of hydrogen-bond acceptors (Lipinski definition) is 2. The summed E-state index contributed by atoms with van der Waals surface area (Å²) in [6.45, 7) is 0. The van der Waals surface area contributed by atoms with Crippen LogP contribution in [0.2, 0.25) is 11.4 Å². The summed E-state index contributed by atoms with van der Waals surface area (Å²) in [5.74, 6) is -0.274. The van der Waals surface area contributed by atoms with Crippen LogP contribution in [-0.4, -0.2) is 29.2 Å². The Balaban J connectivity index is 1.72. The van der Waals surface area contributed by atoms with Crippen LogP contribution in [0.3, 0.4) is 0 Å². The van der Waals surface area contributed by atoms with Crippen LogP contribution in [0.1, 0.15) is 5.56 Å². The number of aromatic nitrogens is 3. The quantitative estimate of drug-likeness (QED) is 0.300. The summed E-state index contributed by atoms with van der Waals surface area (Å²) >= 11 is -0.745. The number of rotatable bonds is 4. The van der Waals surface area contributed by atoms with Crippen LogP contribution >= 0.6 is 0 Å². The van der Waals surface area contributed by atoms with Gasteiger partial charge in [-0.1, -0.05) is 6.07 Å². The van der Waals surface area contributed by atoms with E-state index in [-0.39, 0.29) is 5.82 Å². The van der Waals surface area contributed by atoms with E-state index in [2.05, 4.69) is 57.8 Å². The molecule has 5 aromatic rings. The number of benzene rings is 3. The molecule has 30 heavy (non-hydrogen) atoms. The van der Waals surface area contributed by atoms with E-state index in [1.54, 1.807) is 24.7 Å². The van der Waals surface area contributed by atoms with E-state index < -0.39 is 14.7 Å². The molecule has 148 valence electrons. The summed E-state index contributed by atoms with van der Waals surface area (Å²) in [4.78, 5) is 9.04. The zero-order valence-corrected chi connectivity index (χ0v) is 18.8. The third-order valence-electron chi connectivity index (χ3n) is 5.24. The Bertz CT molecular complexity index is 1370. The first-order valence-corrected chi connectivity index (χ1v) is 14.9. The number of para-hydroxylation sites is 1. The van der Waals surface area contributed by atoms with Gasteiger partial charge in [-0.3, -0.25) is 0 Å². The average Bonchev–Trinajstić information content (AvgIpc) is 3.18. The van der Waals surface area contributed by atoms with Gasteiger partial charge in [-0.05, 0) is 0 Å². The van der Waals surface area contributed by atoms with Crippen molar-refractivity contribution in [3.63, 3.8) is 0 Å². The molecule has 0 bridgehead atoms. The summed E-state index contributed by atoms with van der Waals surface area (Å²) in [6, 6.07) is 21.9. The van der Waals surface area contributed by atoms with Gasteiger partial charge in [0.2, 0.25) is 0 Å². The van der Waals surface area contributed by atoms with Crippen molar-refractivity contribution in [2.24, 2.45) is 0 Å². The fourth-order valence-corrected chi connectivity index (χ4v) is 5.86. The van der Waals surface area contributed by atoms with Gasteiger partial charge in [0.1, 0.15) is 0 Å². The van der Waals surface area contributed by atoms with Crippen molar-refractivity contribution >= 4 is 36.6 Å². The Morgan fingerprint density at radius 3 is 2.53 bits per heavy atom. The molecule has 0 aliphatic carbocycles. The molecule has 0 radical (unpaired) electrons. The number of hydrogen-bond donors (Lipinski definition) is 0. The fourth-order valence-electron chi connectivity index (χ4n) is 3.92. The number of fused-ring (bicyclic) bond motifs is 3. The average molecular weight is 457 g/mol. The van der Waals surface area contributed by atoms with E-state index in [0.29, 0.717) is 5.69 Å². The molecule has 0 saturated carbocycles. The third-order valence-corrected chi connectivity index (χ3v) is 7.34. The Morgan fingerprint density at radius 1 is 0.867 bits per heavy atom. The molecule has 5 heteroatoms. The van der Waals surface area contributed by atoms with Gasteiger partial charge in [0, 0.05) is 0 Å². The second kappa shape index (κ2) is 7.70. The Labute approximate surface area is 179 Å². The number of imidazole rings is 1. The van der Waals surface area contributed by atoms with Crippen molar-refractivity contribution in [1.29, 1.82) is 0 Å². The van der Waals surface area contributed by atoms with Gasteiger partial charge in [-0.15, -0.1) is 0 Å². The van der Waals surface area contributed by atoms with Gasteiger partial charge in [0.25, 0.3) is 0 Å². The fraction of sp³-hybridized carbons (Fsp3) is 0.120. The van der Waals surface area contributed by atoms with Crippen molar-refractivity contribution in [2.45, 2.75) is 16.6 Å². The molecule has 2 aromatic heterocycles. The summed E-state index contributed by atoms with van der Waals surface area (Å²) in [5, 5.41) is 2.16. The van der Waals surface area contributed by atoms with Crippen LogP contribution in [0.15, 0.2) is 79.3 Å². The number of halogens is 1.